The zero-order valence-corrected chi connectivity index (χ0v) is 19.2. The smallest absolute Gasteiger partial charge is 0.193 e. The highest BCUT2D eigenvalue weighted by Gasteiger charge is 2.25. The van der Waals surface area contributed by atoms with E-state index in [9.17, 15) is 0 Å². The lowest BCUT2D eigenvalue weighted by atomic mass is 10.0. The van der Waals surface area contributed by atoms with E-state index >= 15 is 0 Å². The zero-order valence-electron chi connectivity index (χ0n) is 19.2. The Labute approximate surface area is 183 Å². The summed E-state index contributed by atoms with van der Waals surface area (Å²) >= 11 is 0. The lowest BCUT2D eigenvalue weighted by Gasteiger charge is -2.33. The maximum atomic E-state index is 5.98. The van der Waals surface area contributed by atoms with Crippen molar-refractivity contribution < 1.29 is 4.74 Å². The molecule has 3 rings (SSSR count). The van der Waals surface area contributed by atoms with Gasteiger partial charge in [0.2, 0.25) is 0 Å². The number of nitrogens with zero attached hydrogens (tertiary/aromatic N) is 3. The van der Waals surface area contributed by atoms with Crippen LogP contribution >= 0.6 is 0 Å². The molecule has 1 aromatic carbocycles. The minimum atomic E-state index is 0.596. The van der Waals surface area contributed by atoms with Crippen LogP contribution in [0.3, 0.4) is 0 Å². The average Bonchev–Trinajstić information content (AvgIpc) is 3.23. The highest BCUT2D eigenvalue weighted by molar-refractivity contribution is 5.80. The summed E-state index contributed by atoms with van der Waals surface area (Å²) in [5, 5.41) is 3.50. The second-order valence-electron chi connectivity index (χ2n) is 8.92. The standard InChI is InChI=1S/C25H42N4O/c1-3-26-25(27-15-8-10-17-28-16-9-7-11-22(28)2)29-18-14-24(19-29)21-30-20-23-12-5-4-6-13-23/h4-6,12-13,22,24H,3,7-11,14-21H2,1-2H3,(H,26,27). The van der Waals surface area contributed by atoms with Crippen LogP contribution in [0, 0.1) is 5.92 Å². The van der Waals surface area contributed by atoms with Crippen LogP contribution < -0.4 is 5.32 Å². The third-order valence-corrected chi connectivity index (χ3v) is 6.44. The first kappa shape index (κ1) is 23.1. The predicted octanol–water partition coefficient (Wildman–Crippen LogP) is 4.15. The average molecular weight is 415 g/mol. The molecule has 5 nitrogen and oxygen atoms in total. The number of hydrogen-bond acceptors (Lipinski definition) is 3. The SMILES string of the molecule is CCNC(=NCCCCN1CCCCC1C)N1CCC(COCc2ccccc2)C1. The number of unbranched alkanes of at least 4 members (excludes halogenated alkanes) is 1. The summed E-state index contributed by atoms with van der Waals surface area (Å²) in [4.78, 5) is 10.0. The summed E-state index contributed by atoms with van der Waals surface area (Å²) < 4.78 is 5.98. The van der Waals surface area contributed by atoms with E-state index in [4.69, 9.17) is 9.73 Å². The summed E-state index contributed by atoms with van der Waals surface area (Å²) in [5.74, 6) is 1.69. The fourth-order valence-electron chi connectivity index (χ4n) is 4.61. The Morgan fingerprint density at radius 1 is 1.13 bits per heavy atom. The van der Waals surface area contributed by atoms with Gasteiger partial charge in [-0.1, -0.05) is 36.8 Å². The van der Waals surface area contributed by atoms with Crippen LogP contribution in [0.4, 0.5) is 0 Å². The number of guanidine groups is 1. The summed E-state index contributed by atoms with van der Waals surface area (Å²) in [6.45, 7) is 12.6. The van der Waals surface area contributed by atoms with Gasteiger partial charge >= 0.3 is 0 Å². The molecule has 2 atom stereocenters. The molecule has 0 saturated carbocycles. The normalized spacial score (nSPS) is 23.1. The minimum absolute atomic E-state index is 0.596. The van der Waals surface area contributed by atoms with Crippen LogP contribution in [0.1, 0.15) is 57.9 Å². The highest BCUT2D eigenvalue weighted by Crippen LogP contribution is 2.18. The molecular weight excluding hydrogens is 372 g/mol. The number of likely N-dealkylation sites (tertiary alicyclic amines) is 2. The van der Waals surface area contributed by atoms with Crippen LogP contribution in [-0.2, 0) is 11.3 Å². The summed E-state index contributed by atoms with van der Waals surface area (Å²) in [6.07, 6.45) is 7.76. The molecule has 168 valence electrons. The summed E-state index contributed by atoms with van der Waals surface area (Å²) in [6, 6.07) is 11.2. The molecule has 2 fully saturated rings. The molecule has 0 radical (unpaired) electrons. The molecule has 0 aliphatic carbocycles. The van der Waals surface area contributed by atoms with Gasteiger partial charge in [0.1, 0.15) is 0 Å². The van der Waals surface area contributed by atoms with Crippen LogP contribution in [0.2, 0.25) is 0 Å². The molecule has 2 unspecified atom stereocenters. The number of ether oxygens (including phenoxy) is 1. The fraction of sp³-hybridized carbons (Fsp3) is 0.720. The molecule has 30 heavy (non-hydrogen) atoms. The summed E-state index contributed by atoms with van der Waals surface area (Å²) in [7, 11) is 0. The molecular formula is C25H42N4O. The van der Waals surface area contributed by atoms with E-state index in [-0.39, 0.29) is 0 Å². The van der Waals surface area contributed by atoms with Gasteiger partial charge in [0.15, 0.2) is 5.96 Å². The predicted molar refractivity (Wildman–Crippen MR) is 126 cm³/mol. The topological polar surface area (TPSA) is 40.1 Å². The highest BCUT2D eigenvalue weighted by atomic mass is 16.5. The first-order valence-electron chi connectivity index (χ1n) is 12.1. The van der Waals surface area contributed by atoms with Gasteiger partial charge in [0.05, 0.1) is 13.2 Å². The van der Waals surface area contributed by atoms with Crippen molar-refractivity contribution in [2.24, 2.45) is 10.9 Å². The van der Waals surface area contributed by atoms with Crippen molar-refractivity contribution in [2.45, 2.75) is 65.0 Å². The van der Waals surface area contributed by atoms with Gasteiger partial charge in [-0.3, -0.25) is 4.99 Å². The molecule has 2 aliphatic rings. The van der Waals surface area contributed by atoms with E-state index in [1.54, 1.807) is 0 Å². The second kappa shape index (κ2) is 13.0. The molecule has 0 amide bonds. The first-order valence-corrected chi connectivity index (χ1v) is 12.1. The van der Waals surface area contributed by atoms with E-state index in [2.05, 4.69) is 53.2 Å². The van der Waals surface area contributed by atoms with E-state index in [1.807, 2.05) is 6.07 Å². The monoisotopic (exact) mass is 414 g/mol. The van der Waals surface area contributed by atoms with Crippen molar-refractivity contribution in [3.8, 4) is 0 Å². The van der Waals surface area contributed by atoms with Crippen LogP contribution in [-0.4, -0.2) is 67.7 Å². The maximum Gasteiger partial charge on any atom is 0.193 e. The minimum Gasteiger partial charge on any atom is -0.376 e. The third-order valence-electron chi connectivity index (χ3n) is 6.44. The number of aliphatic imine (C=N–C) groups is 1. The van der Waals surface area contributed by atoms with Crippen LogP contribution in [0.15, 0.2) is 35.3 Å². The maximum absolute atomic E-state index is 5.98. The van der Waals surface area contributed by atoms with E-state index in [1.165, 1.54) is 57.2 Å². The Morgan fingerprint density at radius 3 is 2.80 bits per heavy atom. The first-order chi connectivity index (χ1) is 14.8. The molecule has 0 spiro atoms. The van der Waals surface area contributed by atoms with Crippen molar-refractivity contribution in [1.82, 2.24) is 15.1 Å². The van der Waals surface area contributed by atoms with E-state index in [0.717, 1.165) is 44.8 Å². The van der Waals surface area contributed by atoms with E-state index in [0.29, 0.717) is 12.5 Å². The lowest BCUT2D eigenvalue weighted by molar-refractivity contribution is 0.0906. The number of benzene rings is 1. The Balaban J connectivity index is 1.35. The molecule has 0 bridgehead atoms. The number of rotatable bonds is 10. The Kier molecular flexibility index (Phi) is 9.97. The van der Waals surface area contributed by atoms with Crippen molar-refractivity contribution in [3.05, 3.63) is 35.9 Å². The largest absolute Gasteiger partial charge is 0.376 e. The van der Waals surface area contributed by atoms with Gasteiger partial charge < -0.3 is 19.9 Å². The van der Waals surface area contributed by atoms with Gasteiger partial charge in [-0.2, -0.15) is 0 Å². The Morgan fingerprint density at radius 2 is 2.00 bits per heavy atom. The van der Waals surface area contributed by atoms with Crippen LogP contribution in [0.5, 0.6) is 0 Å². The molecule has 2 saturated heterocycles. The molecule has 1 aromatic rings. The quantitative estimate of drug-likeness (QED) is 0.355. The van der Waals surface area contributed by atoms with Crippen LogP contribution in [0.25, 0.3) is 0 Å². The second-order valence-corrected chi connectivity index (χ2v) is 8.92. The van der Waals surface area contributed by atoms with Gasteiger partial charge in [0.25, 0.3) is 0 Å². The lowest BCUT2D eigenvalue weighted by Crippen LogP contribution is -2.40. The third kappa shape index (κ3) is 7.59. The fourth-order valence-corrected chi connectivity index (χ4v) is 4.61. The van der Waals surface area contributed by atoms with E-state index < -0.39 is 0 Å². The number of nitrogens with one attached hydrogen (secondary N) is 1. The molecule has 2 aliphatic heterocycles. The van der Waals surface area contributed by atoms with Crippen molar-refractivity contribution in [1.29, 1.82) is 0 Å². The van der Waals surface area contributed by atoms with Gasteiger partial charge in [-0.25, -0.2) is 0 Å². The van der Waals surface area contributed by atoms with Gasteiger partial charge in [-0.05, 0) is 64.6 Å². The van der Waals surface area contributed by atoms with Crippen molar-refractivity contribution >= 4 is 5.96 Å². The Hall–Kier alpha value is -1.59. The van der Waals surface area contributed by atoms with Gasteiger partial charge in [-0.15, -0.1) is 0 Å². The van der Waals surface area contributed by atoms with Crippen molar-refractivity contribution in [3.63, 3.8) is 0 Å². The number of hydrogen-bond donors (Lipinski definition) is 1. The Bertz CT molecular complexity index is 621. The zero-order chi connectivity index (χ0) is 21.0. The summed E-state index contributed by atoms with van der Waals surface area (Å²) in [5.41, 5.74) is 1.25. The number of piperidine rings is 1. The van der Waals surface area contributed by atoms with Gasteiger partial charge in [0, 0.05) is 38.1 Å². The molecule has 1 N–H and O–H groups in total. The molecule has 0 aromatic heterocycles. The molecule has 5 heteroatoms. The molecule has 2 heterocycles. The van der Waals surface area contributed by atoms with Crippen molar-refractivity contribution in [2.75, 3.05) is 45.9 Å².